The van der Waals surface area contributed by atoms with E-state index in [0.29, 0.717) is 24.3 Å². The molecule has 1 atom stereocenters. The Bertz CT molecular complexity index is 1100. The number of nitrogens with zero attached hydrogens (tertiary/aromatic N) is 1. The van der Waals surface area contributed by atoms with Crippen molar-refractivity contribution in [3.05, 3.63) is 53.1 Å². The summed E-state index contributed by atoms with van der Waals surface area (Å²) in [7, 11) is -2.11. The minimum Gasteiger partial charge on any atom is -0.374 e. The van der Waals surface area contributed by atoms with Gasteiger partial charge in [-0.15, -0.1) is 0 Å². The summed E-state index contributed by atoms with van der Waals surface area (Å²) in [4.78, 5) is 24.6. The SMILES string of the molecule is CNC(=O)c1cccc(N[C@@H](C)C(=O)Nc2cc(S(=O)(=O)N3CCCCC3)ccc2Cl)c1. The van der Waals surface area contributed by atoms with Gasteiger partial charge in [0.2, 0.25) is 15.9 Å². The highest BCUT2D eigenvalue weighted by Gasteiger charge is 2.27. The zero-order valence-electron chi connectivity index (χ0n) is 18.0. The van der Waals surface area contributed by atoms with Crippen LogP contribution in [-0.4, -0.2) is 50.7 Å². The number of halogens is 1. The van der Waals surface area contributed by atoms with Crippen LogP contribution in [0.2, 0.25) is 5.02 Å². The van der Waals surface area contributed by atoms with Gasteiger partial charge in [0.1, 0.15) is 6.04 Å². The van der Waals surface area contributed by atoms with Crippen LogP contribution < -0.4 is 16.0 Å². The molecule has 1 saturated heterocycles. The van der Waals surface area contributed by atoms with Gasteiger partial charge in [-0.2, -0.15) is 4.31 Å². The van der Waals surface area contributed by atoms with E-state index in [-0.39, 0.29) is 21.5 Å². The van der Waals surface area contributed by atoms with Crippen LogP contribution in [0.25, 0.3) is 0 Å². The van der Waals surface area contributed by atoms with Crippen molar-refractivity contribution in [2.45, 2.75) is 37.1 Å². The lowest BCUT2D eigenvalue weighted by Gasteiger charge is -2.26. The van der Waals surface area contributed by atoms with E-state index < -0.39 is 22.0 Å². The van der Waals surface area contributed by atoms with E-state index in [0.717, 1.165) is 19.3 Å². The molecule has 3 N–H and O–H groups in total. The largest absolute Gasteiger partial charge is 0.374 e. The standard InChI is InChI=1S/C22H27ClN4O4S/c1-15(25-17-8-6-7-16(13-17)22(29)24-2)21(28)26-20-14-18(9-10-19(20)23)32(30,31)27-11-4-3-5-12-27/h6-10,13-15,25H,3-5,11-12H2,1-2H3,(H,24,29)(H,26,28)/t15-/m0/s1. The molecule has 1 aliphatic rings. The Morgan fingerprint density at radius 3 is 2.47 bits per heavy atom. The molecule has 0 unspecified atom stereocenters. The number of nitrogens with one attached hydrogen (secondary N) is 3. The van der Waals surface area contributed by atoms with Crippen LogP contribution in [0.4, 0.5) is 11.4 Å². The van der Waals surface area contributed by atoms with Crippen LogP contribution >= 0.6 is 11.6 Å². The fraction of sp³-hybridized carbons (Fsp3) is 0.364. The molecule has 2 aromatic rings. The maximum Gasteiger partial charge on any atom is 0.251 e. The fourth-order valence-electron chi connectivity index (χ4n) is 3.47. The summed E-state index contributed by atoms with van der Waals surface area (Å²) in [5.41, 5.74) is 1.28. The van der Waals surface area contributed by atoms with E-state index in [1.165, 1.54) is 22.5 Å². The lowest BCUT2D eigenvalue weighted by Crippen LogP contribution is -2.35. The molecule has 2 amide bonds. The van der Waals surface area contributed by atoms with Gasteiger partial charge < -0.3 is 16.0 Å². The first-order valence-electron chi connectivity index (χ1n) is 10.4. The highest BCUT2D eigenvalue weighted by molar-refractivity contribution is 7.89. The van der Waals surface area contributed by atoms with Crippen LogP contribution in [0, 0.1) is 0 Å². The van der Waals surface area contributed by atoms with Gasteiger partial charge in [-0.25, -0.2) is 8.42 Å². The maximum absolute atomic E-state index is 12.9. The molecule has 0 aliphatic carbocycles. The number of sulfonamides is 1. The number of carbonyl (C=O) groups excluding carboxylic acids is 2. The van der Waals surface area contributed by atoms with Crippen molar-refractivity contribution >= 4 is 44.8 Å². The molecule has 0 radical (unpaired) electrons. The maximum atomic E-state index is 12.9. The molecule has 172 valence electrons. The van der Waals surface area contributed by atoms with E-state index in [4.69, 9.17) is 11.6 Å². The quantitative estimate of drug-likeness (QED) is 0.565. The van der Waals surface area contributed by atoms with Crippen molar-refractivity contribution in [1.29, 1.82) is 0 Å². The number of rotatable bonds is 7. The molecule has 2 aromatic carbocycles. The first kappa shape index (κ1) is 24.0. The molecule has 0 aromatic heterocycles. The Morgan fingerprint density at radius 2 is 1.78 bits per heavy atom. The summed E-state index contributed by atoms with van der Waals surface area (Å²) >= 11 is 6.22. The first-order chi connectivity index (χ1) is 15.2. The zero-order valence-corrected chi connectivity index (χ0v) is 19.6. The number of carbonyl (C=O) groups is 2. The number of anilines is 2. The van der Waals surface area contributed by atoms with E-state index in [2.05, 4.69) is 16.0 Å². The molecule has 3 rings (SSSR count). The van der Waals surface area contributed by atoms with Crippen LogP contribution in [0.3, 0.4) is 0 Å². The number of hydrogen-bond acceptors (Lipinski definition) is 5. The lowest BCUT2D eigenvalue weighted by molar-refractivity contribution is -0.116. The number of hydrogen-bond donors (Lipinski definition) is 3. The molecule has 32 heavy (non-hydrogen) atoms. The third kappa shape index (κ3) is 5.59. The van der Waals surface area contributed by atoms with Crippen molar-refractivity contribution in [3.8, 4) is 0 Å². The van der Waals surface area contributed by atoms with Crippen molar-refractivity contribution in [3.63, 3.8) is 0 Å². The molecule has 1 aliphatic heterocycles. The number of benzene rings is 2. The average Bonchev–Trinajstić information content (AvgIpc) is 2.80. The predicted molar refractivity (Wildman–Crippen MR) is 126 cm³/mol. The van der Waals surface area contributed by atoms with Gasteiger partial charge in [0.25, 0.3) is 5.91 Å². The van der Waals surface area contributed by atoms with Crippen LogP contribution in [0.1, 0.15) is 36.5 Å². The van der Waals surface area contributed by atoms with Gasteiger partial charge in [0, 0.05) is 31.4 Å². The molecule has 0 spiro atoms. The van der Waals surface area contributed by atoms with Crippen LogP contribution in [-0.2, 0) is 14.8 Å². The van der Waals surface area contributed by atoms with E-state index in [1.54, 1.807) is 38.2 Å². The third-order valence-electron chi connectivity index (χ3n) is 5.28. The lowest BCUT2D eigenvalue weighted by atomic mass is 10.1. The van der Waals surface area contributed by atoms with Gasteiger partial charge in [-0.05, 0) is 56.2 Å². The summed E-state index contributed by atoms with van der Waals surface area (Å²) < 4.78 is 27.4. The van der Waals surface area contributed by atoms with Crippen LogP contribution in [0.15, 0.2) is 47.4 Å². The Kier molecular flexibility index (Phi) is 7.76. The normalized spacial score (nSPS) is 15.6. The van der Waals surface area contributed by atoms with E-state index in [1.807, 2.05) is 0 Å². The van der Waals surface area contributed by atoms with Gasteiger partial charge in [-0.1, -0.05) is 24.1 Å². The van der Waals surface area contributed by atoms with E-state index >= 15 is 0 Å². The predicted octanol–water partition coefficient (Wildman–Crippen LogP) is 3.31. The second-order valence-electron chi connectivity index (χ2n) is 7.62. The molecular weight excluding hydrogens is 452 g/mol. The van der Waals surface area contributed by atoms with Crippen molar-refractivity contribution < 1.29 is 18.0 Å². The Morgan fingerprint density at radius 1 is 1.06 bits per heavy atom. The average molecular weight is 479 g/mol. The van der Waals surface area contributed by atoms with Gasteiger partial charge >= 0.3 is 0 Å². The monoisotopic (exact) mass is 478 g/mol. The Hall–Kier alpha value is -2.62. The molecule has 0 saturated carbocycles. The van der Waals surface area contributed by atoms with Crippen molar-refractivity contribution in [2.24, 2.45) is 0 Å². The number of amides is 2. The molecule has 10 heteroatoms. The van der Waals surface area contributed by atoms with Gasteiger partial charge in [0.05, 0.1) is 15.6 Å². The smallest absolute Gasteiger partial charge is 0.251 e. The fourth-order valence-corrected chi connectivity index (χ4v) is 5.17. The van der Waals surface area contributed by atoms with E-state index in [9.17, 15) is 18.0 Å². The zero-order chi connectivity index (χ0) is 23.3. The van der Waals surface area contributed by atoms with Crippen LogP contribution in [0.5, 0.6) is 0 Å². The minimum absolute atomic E-state index is 0.0954. The summed E-state index contributed by atoms with van der Waals surface area (Å²) in [5, 5.41) is 8.53. The van der Waals surface area contributed by atoms with Crippen molar-refractivity contribution in [1.82, 2.24) is 9.62 Å². The molecule has 1 heterocycles. The van der Waals surface area contributed by atoms with Gasteiger partial charge in [0.15, 0.2) is 0 Å². The second kappa shape index (κ2) is 10.3. The van der Waals surface area contributed by atoms with Gasteiger partial charge in [-0.3, -0.25) is 9.59 Å². The molecule has 8 nitrogen and oxygen atoms in total. The highest BCUT2D eigenvalue weighted by Crippen LogP contribution is 2.28. The Balaban J connectivity index is 1.73. The topological polar surface area (TPSA) is 108 Å². The summed E-state index contributed by atoms with van der Waals surface area (Å²) in [6.45, 7) is 2.63. The summed E-state index contributed by atoms with van der Waals surface area (Å²) in [6.07, 6.45) is 2.69. The first-order valence-corrected chi connectivity index (χ1v) is 12.2. The second-order valence-corrected chi connectivity index (χ2v) is 9.97. The molecule has 0 bridgehead atoms. The summed E-state index contributed by atoms with van der Waals surface area (Å²) in [6, 6.07) is 10.4. The molecular formula is C22H27ClN4O4S. The minimum atomic E-state index is -3.65. The molecule has 1 fully saturated rings. The summed E-state index contributed by atoms with van der Waals surface area (Å²) in [5.74, 6) is -0.631. The highest BCUT2D eigenvalue weighted by atomic mass is 35.5. The number of piperidine rings is 1. The van der Waals surface area contributed by atoms with Crippen molar-refractivity contribution in [2.75, 3.05) is 30.8 Å². The third-order valence-corrected chi connectivity index (χ3v) is 7.50. The Labute approximate surface area is 193 Å².